The van der Waals surface area contributed by atoms with Crippen LogP contribution in [0.3, 0.4) is 0 Å². The van der Waals surface area contributed by atoms with Gasteiger partial charge in [-0.1, -0.05) is 12.1 Å². The van der Waals surface area contributed by atoms with Gasteiger partial charge in [-0.05, 0) is 45.7 Å². The van der Waals surface area contributed by atoms with Gasteiger partial charge in [-0.3, -0.25) is 0 Å². The molecular weight excluding hydrogens is 198 g/mol. The number of fused-ring (bicyclic) bond motifs is 1. The quantitative estimate of drug-likeness (QED) is 0.661. The minimum atomic E-state index is 0.127. The van der Waals surface area contributed by atoms with Crippen LogP contribution in [0.25, 0.3) is 0 Å². The Morgan fingerprint density at radius 1 is 1.19 bits per heavy atom. The monoisotopic (exact) mass is 217 g/mol. The van der Waals surface area contributed by atoms with E-state index in [1.54, 1.807) is 0 Å². The van der Waals surface area contributed by atoms with Crippen LogP contribution in [0.1, 0.15) is 33.6 Å². The zero-order valence-electron chi connectivity index (χ0n) is 10.3. The molecule has 2 aliphatic rings. The standard InChI is InChI=1S/C14H19NO/c1-13(2,3)15-10-14(8-9-14)16-12-7-5-4-6-11(12)15/h4-7H,8-10H2,1-3H3. The average Bonchev–Trinajstić information content (AvgIpc) is 2.95. The van der Waals surface area contributed by atoms with E-state index in [4.69, 9.17) is 4.74 Å². The van der Waals surface area contributed by atoms with Gasteiger partial charge in [0.05, 0.1) is 12.2 Å². The number of rotatable bonds is 0. The van der Waals surface area contributed by atoms with Crippen LogP contribution in [-0.4, -0.2) is 17.7 Å². The van der Waals surface area contributed by atoms with Crippen molar-refractivity contribution in [2.45, 2.75) is 44.8 Å². The fourth-order valence-corrected chi connectivity index (χ4v) is 2.40. The van der Waals surface area contributed by atoms with Crippen LogP contribution < -0.4 is 9.64 Å². The first-order valence-electron chi connectivity index (χ1n) is 6.06. The lowest BCUT2D eigenvalue weighted by Crippen LogP contribution is -2.50. The molecule has 0 bridgehead atoms. The summed E-state index contributed by atoms with van der Waals surface area (Å²) in [7, 11) is 0. The molecule has 0 saturated heterocycles. The number of benzene rings is 1. The molecule has 86 valence electrons. The second kappa shape index (κ2) is 2.93. The number of hydrogen-bond acceptors (Lipinski definition) is 2. The summed E-state index contributed by atoms with van der Waals surface area (Å²) in [6, 6.07) is 8.40. The van der Waals surface area contributed by atoms with Crippen LogP contribution in [0.5, 0.6) is 5.75 Å². The second-order valence-corrected chi connectivity index (χ2v) is 6.01. The van der Waals surface area contributed by atoms with Gasteiger partial charge in [0.25, 0.3) is 0 Å². The normalized spacial score (nSPS) is 21.6. The van der Waals surface area contributed by atoms with Gasteiger partial charge in [0.1, 0.15) is 11.4 Å². The molecule has 0 unspecified atom stereocenters. The van der Waals surface area contributed by atoms with Crippen LogP contribution in [0.2, 0.25) is 0 Å². The van der Waals surface area contributed by atoms with E-state index >= 15 is 0 Å². The van der Waals surface area contributed by atoms with Crippen molar-refractivity contribution in [3.8, 4) is 5.75 Å². The summed E-state index contributed by atoms with van der Waals surface area (Å²) in [4.78, 5) is 2.48. The molecule has 1 aliphatic heterocycles. The van der Waals surface area contributed by atoms with Crippen LogP contribution in [0.15, 0.2) is 24.3 Å². The molecule has 3 rings (SSSR count). The zero-order valence-corrected chi connectivity index (χ0v) is 10.3. The second-order valence-electron chi connectivity index (χ2n) is 6.01. The van der Waals surface area contributed by atoms with Crippen LogP contribution in [-0.2, 0) is 0 Å². The van der Waals surface area contributed by atoms with Crippen molar-refractivity contribution in [1.29, 1.82) is 0 Å². The maximum absolute atomic E-state index is 6.11. The first-order chi connectivity index (χ1) is 7.50. The first kappa shape index (κ1) is 10.0. The Labute approximate surface area is 97.2 Å². The molecule has 1 aromatic carbocycles. The predicted octanol–water partition coefficient (Wildman–Crippen LogP) is 3.22. The number of anilines is 1. The molecule has 0 amide bonds. The summed E-state index contributed by atoms with van der Waals surface area (Å²) in [5, 5.41) is 0. The average molecular weight is 217 g/mol. The molecule has 2 heteroatoms. The third-order valence-electron chi connectivity index (χ3n) is 3.55. The third kappa shape index (κ3) is 1.48. The molecule has 0 radical (unpaired) electrons. The number of ether oxygens (including phenoxy) is 1. The smallest absolute Gasteiger partial charge is 0.143 e. The highest BCUT2D eigenvalue weighted by Gasteiger charge is 2.51. The Hall–Kier alpha value is -1.18. The maximum atomic E-state index is 6.11. The first-order valence-corrected chi connectivity index (χ1v) is 6.06. The van der Waals surface area contributed by atoms with Gasteiger partial charge in [-0.15, -0.1) is 0 Å². The summed E-state index contributed by atoms with van der Waals surface area (Å²) in [5.74, 6) is 1.06. The minimum Gasteiger partial charge on any atom is -0.483 e. The zero-order chi connectivity index (χ0) is 11.4. The molecule has 1 spiro atoms. The highest BCUT2D eigenvalue weighted by atomic mass is 16.5. The van der Waals surface area contributed by atoms with E-state index in [-0.39, 0.29) is 11.1 Å². The number of para-hydroxylation sites is 2. The molecule has 1 aromatic rings. The maximum Gasteiger partial charge on any atom is 0.143 e. The Morgan fingerprint density at radius 3 is 2.50 bits per heavy atom. The number of hydrogen-bond donors (Lipinski definition) is 0. The van der Waals surface area contributed by atoms with Gasteiger partial charge in [0, 0.05) is 5.54 Å². The number of nitrogens with zero attached hydrogens (tertiary/aromatic N) is 1. The molecule has 0 atom stereocenters. The highest BCUT2D eigenvalue weighted by Crippen LogP contribution is 2.49. The van der Waals surface area contributed by atoms with E-state index in [2.05, 4.69) is 49.9 Å². The van der Waals surface area contributed by atoms with Gasteiger partial charge >= 0.3 is 0 Å². The van der Waals surface area contributed by atoms with Crippen LogP contribution in [0, 0.1) is 0 Å². The summed E-state index contributed by atoms with van der Waals surface area (Å²) >= 11 is 0. The lowest BCUT2D eigenvalue weighted by Gasteiger charge is -2.44. The topological polar surface area (TPSA) is 12.5 Å². The molecule has 0 N–H and O–H groups in total. The highest BCUT2D eigenvalue weighted by molar-refractivity contribution is 5.62. The van der Waals surface area contributed by atoms with Crippen molar-refractivity contribution >= 4 is 5.69 Å². The summed E-state index contributed by atoms with van der Waals surface area (Å²) < 4.78 is 6.11. The van der Waals surface area contributed by atoms with E-state index < -0.39 is 0 Å². The van der Waals surface area contributed by atoms with E-state index in [0.29, 0.717) is 0 Å². The Bertz CT molecular complexity index is 415. The SMILES string of the molecule is CC(C)(C)N1CC2(CC2)Oc2ccccc21. The summed E-state index contributed by atoms with van der Waals surface area (Å²) in [5.41, 5.74) is 1.53. The largest absolute Gasteiger partial charge is 0.483 e. The van der Waals surface area contributed by atoms with Gasteiger partial charge in [0.2, 0.25) is 0 Å². The lowest BCUT2D eigenvalue weighted by molar-refractivity contribution is 0.162. The molecule has 1 heterocycles. The van der Waals surface area contributed by atoms with Crippen molar-refractivity contribution in [1.82, 2.24) is 0 Å². The van der Waals surface area contributed by atoms with Gasteiger partial charge < -0.3 is 9.64 Å². The summed E-state index contributed by atoms with van der Waals surface area (Å²) in [6.45, 7) is 7.84. The molecule has 1 saturated carbocycles. The van der Waals surface area contributed by atoms with Crippen LogP contribution >= 0.6 is 0 Å². The van der Waals surface area contributed by atoms with Crippen LogP contribution in [0.4, 0.5) is 5.69 Å². The molecule has 0 aromatic heterocycles. The van der Waals surface area contributed by atoms with Gasteiger partial charge in [-0.25, -0.2) is 0 Å². The molecule has 1 fully saturated rings. The van der Waals surface area contributed by atoms with Crippen molar-refractivity contribution < 1.29 is 4.74 Å². The minimum absolute atomic E-state index is 0.127. The molecular formula is C14H19NO. The third-order valence-corrected chi connectivity index (χ3v) is 3.55. The van der Waals surface area contributed by atoms with Crippen molar-refractivity contribution in [3.63, 3.8) is 0 Å². The van der Waals surface area contributed by atoms with E-state index in [9.17, 15) is 0 Å². The fraction of sp³-hybridized carbons (Fsp3) is 0.571. The van der Waals surface area contributed by atoms with E-state index in [1.807, 2.05) is 0 Å². The van der Waals surface area contributed by atoms with Crippen molar-refractivity contribution in [3.05, 3.63) is 24.3 Å². The summed E-state index contributed by atoms with van der Waals surface area (Å²) in [6.07, 6.45) is 2.40. The lowest BCUT2D eigenvalue weighted by atomic mass is 10.0. The predicted molar refractivity (Wildman–Crippen MR) is 66.1 cm³/mol. The fourth-order valence-electron chi connectivity index (χ4n) is 2.40. The van der Waals surface area contributed by atoms with E-state index in [1.165, 1.54) is 18.5 Å². The van der Waals surface area contributed by atoms with Crippen molar-refractivity contribution in [2.24, 2.45) is 0 Å². The Balaban J connectivity index is 2.06. The van der Waals surface area contributed by atoms with Gasteiger partial charge in [-0.2, -0.15) is 0 Å². The molecule has 2 nitrogen and oxygen atoms in total. The van der Waals surface area contributed by atoms with Gasteiger partial charge in [0.15, 0.2) is 0 Å². The Kier molecular flexibility index (Phi) is 1.84. The molecule has 1 aliphatic carbocycles. The van der Waals surface area contributed by atoms with Crippen molar-refractivity contribution in [2.75, 3.05) is 11.4 Å². The molecule has 16 heavy (non-hydrogen) atoms. The van der Waals surface area contributed by atoms with E-state index in [0.717, 1.165) is 12.3 Å². The Morgan fingerprint density at radius 2 is 1.88 bits per heavy atom.